The van der Waals surface area contributed by atoms with Crippen molar-refractivity contribution in [2.24, 2.45) is 5.10 Å². The minimum Gasteiger partial charge on any atom is -0.495 e. The maximum Gasteiger partial charge on any atom is 0.277 e. The van der Waals surface area contributed by atoms with Gasteiger partial charge in [0.1, 0.15) is 11.5 Å². The van der Waals surface area contributed by atoms with Crippen LogP contribution in [0, 0.1) is 0 Å². The fourth-order valence-electron chi connectivity index (χ4n) is 1.71. The van der Waals surface area contributed by atoms with Crippen LogP contribution in [0.15, 0.2) is 41.5 Å². The van der Waals surface area contributed by atoms with Gasteiger partial charge in [0, 0.05) is 5.02 Å². The number of methoxy groups -OCH3 is 1. The minimum atomic E-state index is -0.433. The summed E-state index contributed by atoms with van der Waals surface area (Å²) in [7, 11) is 1.53. The highest BCUT2D eigenvalue weighted by atomic mass is 35.5. The van der Waals surface area contributed by atoms with E-state index in [9.17, 15) is 4.79 Å². The van der Waals surface area contributed by atoms with Crippen molar-refractivity contribution in [1.82, 2.24) is 5.43 Å². The average Bonchev–Trinajstić information content (AvgIpc) is 2.54. The molecule has 0 saturated heterocycles. The molecule has 2 aromatic rings. The second kappa shape index (κ2) is 8.78. The quantitative estimate of drug-likeness (QED) is 0.597. The number of carbonyl (C=O) groups is 1. The van der Waals surface area contributed by atoms with E-state index in [2.05, 4.69) is 10.5 Å². The maximum absolute atomic E-state index is 11.7. The third-order valence-corrected chi connectivity index (χ3v) is 3.66. The molecule has 0 spiro atoms. The number of nitrogens with zero attached hydrogens (tertiary/aromatic N) is 1. The number of hydrogen-bond acceptors (Lipinski definition) is 4. The van der Waals surface area contributed by atoms with Gasteiger partial charge in [0.2, 0.25) is 0 Å². The SMILES string of the molecule is COc1ccc(/C=N\NC(=O)COc2ccc(Cl)cc2Cl)cc1Cl. The molecular weight excluding hydrogens is 375 g/mol. The molecule has 24 heavy (non-hydrogen) atoms. The number of benzene rings is 2. The van der Waals surface area contributed by atoms with Crippen LogP contribution in [-0.2, 0) is 4.79 Å². The molecule has 1 amide bonds. The Morgan fingerprint density at radius 3 is 2.50 bits per heavy atom. The first-order valence-electron chi connectivity index (χ1n) is 6.73. The van der Waals surface area contributed by atoms with Crippen molar-refractivity contribution in [3.63, 3.8) is 0 Å². The Hall–Kier alpha value is -1.95. The molecule has 5 nitrogen and oxygen atoms in total. The summed E-state index contributed by atoms with van der Waals surface area (Å²) in [6.07, 6.45) is 1.46. The molecule has 8 heteroatoms. The van der Waals surface area contributed by atoms with E-state index < -0.39 is 5.91 Å². The third kappa shape index (κ3) is 5.30. The number of hydrazone groups is 1. The Morgan fingerprint density at radius 1 is 1.12 bits per heavy atom. The van der Waals surface area contributed by atoms with Crippen LogP contribution in [0.5, 0.6) is 11.5 Å². The van der Waals surface area contributed by atoms with Crippen LogP contribution in [0.4, 0.5) is 0 Å². The lowest BCUT2D eigenvalue weighted by molar-refractivity contribution is -0.123. The molecule has 0 aliphatic rings. The summed E-state index contributed by atoms with van der Waals surface area (Å²) in [6.45, 7) is -0.234. The molecule has 2 aromatic carbocycles. The number of nitrogens with one attached hydrogen (secondary N) is 1. The lowest BCUT2D eigenvalue weighted by atomic mass is 10.2. The fraction of sp³-hybridized carbons (Fsp3) is 0.125. The van der Waals surface area contributed by atoms with Crippen LogP contribution >= 0.6 is 34.8 Å². The maximum atomic E-state index is 11.7. The summed E-state index contributed by atoms with van der Waals surface area (Å²) in [4.78, 5) is 11.7. The topological polar surface area (TPSA) is 59.9 Å². The second-order valence-electron chi connectivity index (χ2n) is 4.55. The molecule has 0 unspecified atom stereocenters. The van der Waals surface area contributed by atoms with Gasteiger partial charge in [0.05, 0.1) is 23.4 Å². The Morgan fingerprint density at radius 2 is 1.83 bits per heavy atom. The van der Waals surface area contributed by atoms with Gasteiger partial charge in [-0.1, -0.05) is 34.8 Å². The summed E-state index contributed by atoms with van der Waals surface area (Å²) >= 11 is 17.7. The third-order valence-electron chi connectivity index (χ3n) is 2.83. The van der Waals surface area contributed by atoms with Crippen molar-refractivity contribution in [2.75, 3.05) is 13.7 Å². The number of hydrogen-bond donors (Lipinski definition) is 1. The molecular formula is C16H13Cl3N2O3. The van der Waals surface area contributed by atoms with Crippen LogP contribution < -0.4 is 14.9 Å². The Labute approximate surface area is 154 Å². The molecule has 0 bridgehead atoms. The van der Waals surface area contributed by atoms with Crippen LogP contribution in [0.2, 0.25) is 15.1 Å². The molecule has 2 rings (SSSR count). The molecule has 0 fully saturated rings. The highest BCUT2D eigenvalue weighted by molar-refractivity contribution is 6.35. The molecule has 0 atom stereocenters. The van der Waals surface area contributed by atoms with Gasteiger partial charge in [-0.3, -0.25) is 4.79 Å². The number of amides is 1. The molecule has 1 N–H and O–H groups in total. The number of rotatable bonds is 6. The van der Waals surface area contributed by atoms with Gasteiger partial charge < -0.3 is 9.47 Å². The van der Waals surface area contributed by atoms with Crippen LogP contribution in [0.3, 0.4) is 0 Å². The van der Waals surface area contributed by atoms with Crippen molar-refractivity contribution >= 4 is 46.9 Å². The highest BCUT2D eigenvalue weighted by Crippen LogP contribution is 2.27. The second-order valence-corrected chi connectivity index (χ2v) is 5.80. The first kappa shape index (κ1) is 18.4. The monoisotopic (exact) mass is 386 g/mol. The van der Waals surface area contributed by atoms with Crippen LogP contribution in [-0.4, -0.2) is 25.8 Å². The van der Waals surface area contributed by atoms with Crippen LogP contribution in [0.1, 0.15) is 5.56 Å². The zero-order chi connectivity index (χ0) is 17.5. The standard InChI is InChI=1S/C16H13Cl3N2O3/c1-23-14-4-2-10(6-12(14)18)8-20-21-16(22)9-24-15-5-3-11(17)7-13(15)19/h2-8H,9H2,1H3,(H,21,22)/b20-8-. The van der Waals surface area contributed by atoms with E-state index in [0.717, 1.165) is 0 Å². The zero-order valence-electron chi connectivity index (χ0n) is 12.6. The average molecular weight is 388 g/mol. The van der Waals surface area contributed by atoms with E-state index in [1.807, 2.05) is 0 Å². The van der Waals surface area contributed by atoms with Crippen molar-refractivity contribution < 1.29 is 14.3 Å². The largest absolute Gasteiger partial charge is 0.495 e. The summed E-state index contributed by atoms with van der Waals surface area (Å²) in [5, 5.41) is 5.09. The molecule has 0 aromatic heterocycles. The van der Waals surface area contributed by atoms with Gasteiger partial charge in [-0.25, -0.2) is 5.43 Å². The van der Waals surface area contributed by atoms with E-state index in [1.165, 1.54) is 19.4 Å². The lowest BCUT2D eigenvalue weighted by Crippen LogP contribution is -2.24. The van der Waals surface area contributed by atoms with Gasteiger partial charge >= 0.3 is 0 Å². The van der Waals surface area contributed by atoms with Crippen molar-refractivity contribution in [3.05, 3.63) is 57.0 Å². The van der Waals surface area contributed by atoms with E-state index in [0.29, 0.717) is 32.1 Å². The fourth-order valence-corrected chi connectivity index (χ4v) is 2.44. The van der Waals surface area contributed by atoms with E-state index in [-0.39, 0.29) is 6.61 Å². The first-order valence-corrected chi connectivity index (χ1v) is 7.86. The van der Waals surface area contributed by atoms with Crippen molar-refractivity contribution in [1.29, 1.82) is 0 Å². The Bertz CT molecular complexity index is 766. The highest BCUT2D eigenvalue weighted by Gasteiger charge is 2.06. The smallest absolute Gasteiger partial charge is 0.277 e. The molecule has 0 aliphatic carbocycles. The summed E-state index contributed by atoms with van der Waals surface area (Å²) in [6, 6.07) is 9.86. The summed E-state index contributed by atoms with van der Waals surface area (Å²) < 4.78 is 10.3. The lowest BCUT2D eigenvalue weighted by Gasteiger charge is -2.07. The summed E-state index contributed by atoms with van der Waals surface area (Å²) in [5.74, 6) is 0.491. The van der Waals surface area contributed by atoms with Gasteiger partial charge in [-0.05, 0) is 42.0 Å². The minimum absolute atomic E-state index is 0.234. The van der Waals surface area contributed by atoms with E-state index in [4.69, 9.17) is 44.3 Å². The van der Waals surface area contributed by atoms with Gasteiger partial charge in [-0.15, -0.1) is 0 Å². The molecule has 0 aliphatic heterocycles. The first-order chi connectivity index (χ1) is 11.5. The van der Waals surface area contributed by atoms with Gasteiger partial charge in [-0.2, -0.15) is 5.10 Å². The van der Waals surface area contributed by atoms with E-state index in [1.54, 1.807) is 30.3 Å². The Kier molecular flexibility index (Phi) is 6.73. The molecule has 0 heterocycles. The van der Waals surface area contributed by atoms with Crippen molar-refractivity contribution in [2.45, 2.75) is 0 Å². The predicted octanol–water partition coefficient (Wildman–Crippen LogP) is 4.18. The summed E-state index contributed by atoms with van der Waals surface area (Å²) in [5.41, 5.74) is 3.05. The van der Waals surface area contributed by atoms with E-state index >= 15 is 0 Å². The Balaban J connectivity index is 1.85. The molecule has 0 radical (unpaired) electrons. The predicted molar refractivity (Wildman–Crippen MR) is 95.7 cm³/mol. The number of halogens is 3. The van der Waals surface area contributed by atoms with Crippen LogP contribution in [0.25, 0.3) is 0 Å². The number of carbonyl (C=O) groups excluding carboxylic acids is 1. The molecule has 0 saturated carbocycles. The van der Waals surface area contributed by atoms with Gasteiger partial charge in [0.25, 0.3) is 5.91 Å². The number of ether oxygens (including phenoxy) is 2. The normalized spacial score (nSPS) is 10.7. The van der Waals surface area contributed by atoms with Crippen molar-refractivity contribution in [3.8, 4) is 11.5 Å². The zero-order valence-corrected chi connectivity index (χ0v) is 14.8. The van der Waals surface area contributed by atoms with Gasteiger partial charge in [0.15, 0.2) is 6.61 Å². The molecule has 126 valence electrons.